The van der Waals surface area contributed by atoms with E-state index in [2.05, 4.69) is 19.6 Å². The fraction of sp³-hybridized carbons (Fsp3) is 0.167. The number of hydrogen-bond donors (Lipinski definition) is 2. The normalized spacial score (nSPS) is 12.5. The maximum atomic E-state index is 13.0. The molecule has 0 saturated heterocycles. The van der Waals surface area contributed by atoms with Gasteiger partial charge in [-0.05, 0) is 56.3 Å². The van der Waals surface area contributed by atoms with Crippen LogP contribution in [0.3, 0.4) is 0 Å². The van der Waals surface area contributed by atoms with Crippen LogP contribution in [0.5, 0.6) is 0 Å². The molecule has 0 saturated carbocycles. The first-order chi connectivity index (χ1) is 15.8. The number of carbonyl (C=O) groups is 1. The van der Waals surface area contributed by atoms with Gasteiger partial charge >= 0.3 is 0 Å². The Balaban J connectivity index is 1.56. The maximum absolute atomic E-state index is 13.0. The molecule has 33 heavy (non-hydrogen) atoms. The molecule has 9 heteroatoms. The highest BCUT2D eigenvalue weighted by molar-refractivity contribution is 7.92. The molecule has 1 aromatic heterocycles. The van der Waals surface area contributed by atoms with Crippen molar-refractivity contribution in [1.29, 1.82) is 0 Å². The number of carbonyl (C=O) groups excluding carboxylic acids is 1. The Bertz CT molecular complexity index is 1430. The van der Waals surface area contributed by atoms with E-state index in [9.17, 15) is 13.2 Å². The molecule has 1 atom stereocenters. The summed E-state index contributed by atoms with van der Waals surface area (Å²) in [6.45, 7) is 4.58. The van der Waals surface area contributed by atoms with Gasteiger partial charge < -0.3 is 9.88 Å². The monoisotopic (exact) mass is 482 g/mol. The van der Waals surface area contributed by atoms with Crippen LogP contribution in [0, 0.1) is 0 Å². The second-order valence-corrected chi connectivity index (χ2v) is 9.60. The maximum Gasteiger partial charge on any atom is 0.261 e. The van der Waals surface area contributed by atoms with Crippen LogP contribution in [0.15, 0.2) is 77.7 Å². The standard InChI is InChI=1S/C24H23ClN4O3S/c1-3-29-22-14-7-6-13-21(22)27-23(29)16(2)26-24(30)17-9-8-10-18(15-17)33(31,32)28-20-12-5-4-11-19(20)25/h4-16,28H,3H2,1-2H3,(H,26,30). The number of sulfonamides is 1. The molecule has 0 radical (unpaired) electrons. The first kappa shape index (κ1) is 22.8. The van der Waals surface area contributed by atoms with Crippen LogP contribution in [0.25, 0.3) is 11.0 Å². The molecule has 7 nitrogen and oxygen atoms in total. The Hall–Kier alpha value is -3.36. The molecular weight excluding hydrogens is 460 g/mol. The summed E-state index contributed by atoms with van der Waals surface area (Å²) in [5.74, 6) is 0.336. The number of halogens is 1. The summed E-state index contributed by atoms with van der Waals surface area (Å²) in [6, 6.07) is 19.8. The molecule has 4 aromatic rings. The number of anilines is 1. The minimum atomic E-state index is -3.93. The van der Waals surface area contributed by atoms with E-state index in [1.807, 2.05) is 38.1 Å². The van der Waals surface area contributed by atoms with Crippen molar-refractivity contribution in [3.8, 4) is 0 Å². The number of benzene rings is 3. The molecule has 0 aliphatic heterocycles. The minimum absolute atomic E-state index is 0.0384. The summed E-state index contributed by atoms with van der Waals surface area (Å²) in [5.41, 5.74) is 2.34. The molecule has 4 rings (SSSR count). The summed E-state index contributed by atoms with van der Waals surface area (Å²) in [6.07, 6.45) is 0. The number of nitrogens with one attached hydrogen (secondary N) is 2. The van der Waals surface area contributed by atoms with E-state index in [1.54, 1.807) is 30.3 Å². The zero-order chi connectivity index (χ0) is 23.6. The molecular formula is C24H23ClN4O3S. The average molecular weight is 483 g/mol. The summed E-state index contributed by atoms with van der Waals surface area (Å²) in [5, 5.41) is 3.21. The lowest BCUT2D eigenvalue weighted by Gasteiger charge is -2.16. The van der Waals surface area contributed by atoms with E-state index in [0.29, 0.717) is 6.54 Å². The summed E-state index contributed by atoms with van der Waals surface area (Å²) >= 11 is 6.07. The first-order valence-electron chi connectivity index (χ1n) is 10.4. The van der Waals surface area contributed by atoms with Gasteiger partial charge in [-0.15, -0.1) is 0 Å². The predicted octanol–water partition coefficient (Wildman–Crippen LogP) is 5.00. The van der Waals surface area contributed by atoms with Gasteiger partial charge in [0.1, 0.15) is 5.82 Å². The number of imidazole rings is 1. The molecule has 170 valence electrons. The number of aromatic nitrogens is 2. The lowest BCUT2D eigenvalue weighted by Crippen LogP contribution is -2.29. The third kappa shape index (κ3) is 4.72. The third-order valence-corrected chi connectivity index (χ3v) is 6.95. The lowest BCUT2D eigenvalue weighted by molar-refractivity contribution is 0.0937. The van der Waals surface area contributed by atoms with Crippen LogP contribution in [-0.4, -0.2) is 23.9 Å². The zero-order valence-corrected chi connectivity index (χ0v) is 19.7. The van der Waals surface area contributed by atoms with Crippen LogP contribution in [0.4, 0.5) is 5.69 Å². The largest absolute Gasteiger partial charge is 0.342 e. The number of nitrogens with zero attached hydrogens (tertiary/aromatic N) is 2. The smallest absolute Gasteiger partial charge is 0.261 e. The fourth-order valence-corrected chi connectivity index (χ4v) is 5.02. The number of aryl methyl sites for hydroxylation is 1. The summed E-state index contributed by atoms with van der Waals surface area (Å²) < 4.78 is 30.2. The van der Waals surface area contributed by atoms with Crippen molar-refractivity contribution in [2.75, 3.05) is 4.72 Å². The van der Waals surface area contributed by atoms with Crippen LogP contribution in [0.2, 0.25) is 5.02 Å². The van der Waals surface area contributed by atoms with E-state index in [1.165, 1.54) is 18.2 Å². The molecule has 0 spiro atoms. The van der Waals surface area contributed by atoms with Crippen molar-refractivity contribution in [1.82, 2.24) is 14.9 Å². The number of rotatable bonds is 7. The predicted molar refractivity (Wildman–Crippen MR) is 130 cm³/mol. The Morgan fingerprint density at radius 2 is 1.79 bits per heavy atom. The SMILES string of the molecule is CCn1c(C(C)NC(=O)c2cccc(S(=O)(=O)Nc3ccccc3Cl)c2)nc2ccccc21. The van der Waals surface area contributed by atoms with Gasteiger partial charge in [0.05, 0.1) is 32.7 Å². The molecule has 0 fully saturated rings. The van der Waals surface area contributed by atoms with Gasteiger partial charge in [0.2, 0.25) is 0 Å². The van der Waals surface area contributed by atoms with Crippen LogP contribution >= 0.6 is 11.6 Å². The minimum Gasteiger partial charge on any atom is -0.342 e. The van der Waals surface area contributed by atoms with Gasteiger partial charge in [0, 0.05) is 12.1 Å². The van der Waals surface area contributed by atoms with Gasteiger partial charge in [-0.3, -0.25) is 9.52 Å². The zero-order valence-electron chi connectivity index (χ0n) is 18.1. The van der Waals surface area contributed by atoms with E-state index in [0.717, 1.165) is 16.9 Å². The Kier molecular flexibility index (Phi) is 6.40. The molecule has 1 heterocycles. The number of para-hydroxylation sites is 3. The van der Waals surface area contributed by atoms with E-state index >= 15 is 0 Å². The Morgan fingerprint density at radius 3 is 2.55 bits per heavy atom. The lowest BCUT2D eigenvalue weighted by atomic mass is 10.2. The highest BCUT2D eigenvalue weighted by Gasteiger charge is 2.21. The first-order valence-corrected chi connectivity index (χ1v) is 12.3. The second kappa shape index (κ2) is 9.25. The number of amides is 1. The van der Waals surface area contributed by atoms with Gasteiger partial charge in [-0.1, -0.05) is 41.9 Å². The average Bonchev–Trinajstić information content (AvgIpc) is 3.19. The fourth-order valence-electron chi connectivity index (χ4n) is 3.65. The Labute approximate surface area is 197 Å². The highest BCUT2D eigenvalue weighted by Crippen LogP contribution is 2.25. The molecule has 0 aliphatic rings. The molecule has 1 amide bonds. The van der Waals surface area contributed by atoms with E-state index in [4.69, 9.17) is 11.6 Å². The Morgan fingerprint density at radius 1 is 1.06 bits per heavy atom. The van der Waals surface area contributed by atoms with Gasteiger partial charge in [0.15, 0.2) is 0 Å². The van der Waals surface area contributed by atoms with Crippen LogP contribution < -0.4 is 10.0 Å². The van der Waals surface area contributed by atoms with Crippen molar-refractivity contribution in [2.45, 2.75) is 31.3 Å². The van der Waals surface area contributed by atoms with Crippen molar-refractivity contribution in [3.63, 3.8) is 0 Å². The molecule has 1 unspecified atom stereocenters. The molecule has 0 aliphatic carbocycles. The number of fused-ring (bicyclic) bond motifs is 1. The van der Waals surface area contributed by atoms with Gasteiger partial charge in [0.25, 0.3) is 15.9 Å². The molecule has 0 bridgehead atoms. The highest BCUT2D eigenvalue weighted by atomic mass is 35.5. The van der Waals surface area contributed by atoms with Crippen molar-refractivity contribution < 1.29 is 13.2 Å². The van der Waals surface area contributed by atoms with Gasteiger partial charge in [-0.2, -0.15) is 0 Å². The molecule has 3 aromatic carbocycles. The van der Waals surface area contributed by atoms with E-state index in [-0.39, 0.29) is 27.2 Å². The van der Waals surface area contributed by atoms with Crippen LogP contribution in [0.1, 0.15) is 36.1 Å². The summed E-state index contributed by atoms with van der Waals surface area (Å²) in [7, 11) is -3.93. The quantitative estimate of drug-likeness (QED) is 0.387. The van der Waals surface area contributed by atoms with Gasteiger partial charge in [-0.25, -0.2) is 13.4 Å². The van der Waals surface area contributed by atoms with Crippen molar-refractivity contribution in [2.24, 2.45) is 0 Å². The van der Waals surface area contributed by atoms with Crippen LogP contribution in [-0.2, 0) is 16.6 Å². The van der Waals surface area contributed by atoms with Crippen molar-refractivity contribution >= 4 is 44.3 Å². The molecule has 2 N–H and O–H groups in total. The van der Waals surface area contributed by atoms with E-state index < -0.39 is 15.9 Å². The third-order valence-electron chi connectivity index (χ3n) is 5.26. The van der Waals surface area contributed by atoms with Crippen molar-refractivity contribution in [3.05, 3.63) is 89.2 Å². The second-order valence-electron chi connectivity index (χ2n) is 7.51. The topological polar surface area (TPSA) is 93.1 Å². The summed E-state index contributed by atoms with van der Waals surface area (Å²) in [4.78, 5) is 17.6. The number of hydrogen-bond acceptors (Lipinski definition) is 4.